The third kappa shape index (κ3) is 3.93. The first-order valence-electron chi connectivity index (χ1n) is 9.33. The van der Waals surface area contributed by atoms with Crippen molar-refractivity contribution >= 4 is 32.7 Å². The SMILES string of the molecule is CC(C)NC(=O)C1CCN(c2nc3ccc(-c4cccnc4)nc3s2)CC1. The fraction of sp³-hybridized carbons (Fsp3) is 0.400. The maximum absolute atomic E-state index is 12.2. The van der Waals surface area contributed by atoms with Gasteiger partial charge < -0.3 is 10.2 Å². The van der Waals surface area contributed by atoms with Crippen LogP contribution in [-0.4, -0.2) is 40.0 Å². The molecule has 140 valence electrons. The number of nitrogens with one attached hydrogen (secondary N) is 1. The van der Waals surface area contributed by atoms with E-state index in [4.69, 9.17) is 9.97 Å². The van der Waals surface area contributed by atoms with Crippen LogP contribution in [0.2, 0.25) is 0 Å². The number of anilines is 1. The molecule has 1 aliphatic heterocycles. The molecule has 0 atom stereocenters. The topological polar surface area (TPSA) is 71.0 Å². The van der Waals surface area contributed by atoms with Crippen LogP contribution in [0.1, 0.15) is 26.7 Å². The number of thiazole rings is 1. The van der Waals surface area contributed by atoms with Gasteiger partial charge in [0.05, 0.1) is 5.69 Å². The summed E-state index contributed by atoms with van der Waals surface area (Å²) in [6.45, 7) is 5.71. The maximum atomic E-state index is 12.2. The highest BCUT2D eigenvalue weighted by atomic mass is 32.1. The van der Waals surface area contributed by atoms with Gasteiger partial charge in [0.1, 0.15) is 10.3 Å². The normalized spacial score (nSPS) is 15.4. The fourth-order valence-electron chi connectivity index (χ4n) is 3.35. The van der Waals surface area contributed by atoms with Crippen molar-refractivity contribution in [2.45, 2.75) is 32.7 Å². The summed E-state index contributed by atoms with van der Waals surface area (Å²) < 4.78 is 0. The van der Waals surface area contributed by atoms with Gasteiger partial charge in [0.15, 0.2) is 5.13 Å². The lowest BCUT2D eigenvalue weighted by Crippen LogP contribution is -2.42. The summed E-state index contributed by atoms with van der Waals surface area (Å²) >= 11 is 1.62. The van der Waals surface area contributed by atoms with Gasteiger partial charge in [0.2, 0.25) is 5.91 Å². The maximum Gasteiger partial charge on any atom is 0.223 e. The van der Waals surface area contributed by atoms with Crippen LogP contribution >= 0.6 is 11.3 Å². The molecular weight excluding hydrogens is 358 g/mol. The second kappa shape index (κ2) is 7.60. The Bertz CT molecular complexity index is 932. The Kier molecular flexibility index (Phi) is 5.03. The van der Waals surface area contributed by atoms with Crippen molar-refractivity contribution in [2.75, 3.05) is 18.0 Å². The molecule has 27 heavy (non-hydrogen) atoms. The Morgan fingerprint density at radius 3 is 2.74 bits per heavy atom. The molecular formula is C20H23N5OS. The van der Waals surface area contributed by atoms with E-state index in [0.717, 1.165) is 52.7 Å². The lowest BCUT2D eigenvalue weighted by Gasteiger charge is -2.31. The molecule has 4 heterocycles. The van der Waals surface area contributed by atoms with Crippen LogP contribution in [0, 0.1) is 5.92 Å². The molecule has 1 aliphatic rings. The van der Waals surface area contributed by atoms with Gasteiger partial charge in [-0.15, -0.1) is 0 Å². The Morgan fingerprint density at radius 2 is 2.04 bits per heavy atom. The van der Waals surface area contributed by atoms with Crippen molar-refractivity contribution in [1.82, 2.24) is 20.3 Å². The number of hydrogen-bond donors (Lipinski definition) is 1. The van der Waals surface area contributed by atoms with E-state index in [2.05, 4.69) is 15.2 Å². The first-order chi connectivity index (χ1) is 13.1. The van der Waals surface area contributed by atoms with E-state index in [0.29, 0.717) is 0 Å². The molecule has 3 aromatic heterocycles. The molecule has 0 unspecified atom stereocenters. The van der Waals surface area contributed by atoms with E-state index >= 15 is 0 Å². The zero-order valence-electron chi connectivity index (χ0n) is 15.6. The first-order valence-corrected chi connectivity index (χ1v) is 10.1. The summed E-state index contributed by atoms with van der Waals surface area (Å²) in [4.78, 5) is 29.1. The largest absolute Gasteiger partial charge is 0.354 e. The highest BCUT2D eigenvalue weighted by Crippen LogP contribution is 2.32. The molecule has 0 aliphatic carbocycles. The van der Waals surface area contributed by atoms with Crippen molar-refractivity contribution in [1.29, 1.82) is 0 Å². The Labute approximate surface area is 162 Å². The molecule has 1 amide bonds. The Balaban J connectivity index is 1.48. The minimum Gasteiger partial charge on any atom is -0.354 e. The monoisotopic (exact) mass is 381 g/mol. The summed E-state index contributed by atoms with van der Waals surface area (Å²) in [7, 11) is 0. The number of amides is 1. The van der Waals surface area contributed by atoms with Crippen molar-refractivity contribution in [3.63, 3.8) is 0 Å². The molecule has 4 rings (SSSR count). The summed E-state index contributed by atoms with van der Waals surface area (Å²) in [5, 5.41) is 4.01. The van der Waals surface area contributed by atoms with Gasteiger partial charge in [-0.1, -0.05) is 11.3 Å². The summed E-state index contributed by atoms with van der Waals surface area (Å²) in [5.41, 5.74) is 2.84. The summed E-state index contributed by atoms with van der Waals surface area (Å²) in [6.07, 6.45) is 5.31. The second-order valence-corrected chi connectivity index (χ2v) is 8.14. The van der Waals surface area contributed by atoms with E-state index < -0.39 is 0 Å². The van der Waals surface area contributed by atoms with E-state index in [9.17, 15) is 4.79 Å². The van der Waals surface area contributed by atoms with E-state index in [-0.39, 0.29) is 17.9 Å². The molecule has 0 aromatic carbocycles. The standard InChI is InChI=1S/C20H23N5OS/c1-13(2)22-18(26)14-7-10-25(11-8-14)20-24-17-6-5-16(23-19(17)27-20)15-4-3-9-21-12-15/h3-6,9,12-14H,7-8,10-11H2,1-2H3,(H,22,26). The number of pyridine rings is 2. The number of nitrogens with zero attached hydrogens (tertiary/aromatic N) is 4. The average molecular weight is 382 g/mol. The summed E-state index contributed by atoms with van der Waals surface area (Å²) in [5.74, 6) is 0.282. The van der Waals surface area contributed by atoms with Crippen LogP contribution in [-0.2, 0) is 4.79 Å². The highest BCUT2D eigenvalue weighted by Gasteiger charge is 2.26. The molecule has 0 saturated carbocycles. The minimum atomic E-state index is 0.105. The molecule has 6 nitrogen and oxygen atoms in total. The van der Waals surface area contributed by atoms with Gasteiger partial charge >= 0.3 is 0 Å². The van der Waals surface area contributed by atoms with E-state index in [1.165, 1.54) is 0 Å². The smallest absolute Gasteiger partial charge is 0.223 e. The van der Waals surface area contributed by atoms with E-state index in [1.54, 1.807) is 17.5 Å². The predicted molar refractivity (Wildman–Crippen MR) is 109 cm³/mol. The third-order valence-corrected chi connectivity index (χ3v) is 5.79. The highest BCUT2D eigenvalue weighted by molar-refractivity contribution is 7.21. The Hall–Kier alpha value is -2.54. The number of carbonyl (C=O) groups excluding carboxylic acids is 1. The van der Waals surface area contributed by atoms with Gasteiger partial charge in [0.25, 0.3) is 0 Å². The summed E-state index contributed by atoms with van der Waals surface area (Å²) in [6, 6.07) is 8.13. The van der Waals surface area contributed by atoms with Crippen molar-refractivity contribution in [2.24, 2.45) is 5.92 Å². The average Bonchev–Trinajstić information content (AvgIpc) is 3.11. The van der Waals surface area contributed by atoms with Gasteiger partial charge in [0, 0.05) is 43.0 Å². The fourth-order valence-corrected chi connectivity index (χ4v) is 4.34. The number of fused-ring (bicyclic) bond motifs is 1. The van der Waals surface area contributed by atoms with Crippen LogP contribution in [0.5, 0.6) is 0 Å². The van der Waals surface area contributed by atoms with Crippen molar-refractivity contribution in [3.05, 3.63) is 36.7 Å². The zero-order valence-corrected chi connectivity index (χ0v) is 16.4. The molecule has 0 spiro atoms. The number of carbonyl (C=O) groups is 1. The van der Waals surface area contributed by atoms with Gasteiger partial charge in [-0.25, -0.2) is 9.97 Å². The number of rotatable bonds is 4. The second-order valence-electron chi connectivity index (χ2n) is 7.18. The van der Waals surface area contributed by atoms with Crippen LogP contribution in [0.15, 0.2) is 36.7 Å². The molecule has 1 N–H and O–H groups in total. The molecule has 1 fully saturated rings. The number of aromatic nitrogens is 3. The lowest BCUT2D eigenvalue weighted by molar-refractivity contribution is -0.126. The molecule has 3 aromatic rings. The number of hydrogen-bond acceptors (Lipinski definition) is 6. The zero-order chi connectivity index (χ0) is 18.8. The van der Waals surface area contributed by atoms with Gasteiger partial charge in [-0.3, -0.25) is 9.78 Å². The van der Waals surface area contributed by atoms with Crippen molar-refractivity contribution < 1.29 is 4.79 Å². The molecule has 0 radical (unpaired) electrons. The van der Waals surface area contributed by atoms with Gasteiger partial charge in [-0.2, -0.15) is 0 Å². The van der Waals surface area contributed by atoms with Crippen LogP contribution in [0.25, 0.3) is 21.6 Å². The number of piperidine rings is 1. The Morgan fingerprint density at radius 1 is 1.22 bits per heavy atom. The minimum absolute atomic E-state index is 0.105. The first kappa shape index (κ1) is 17.9. The van der Waals surface area contributed by atoms with Gasteiger partial charge in [-0.05, 0) is 51.0 Å². The quantitative estimate of drug-likeness (QED) is 0.749. The predicted octanol–water partition coefficient (Wildman–Crippen LogP) is 3.49. The lowest BCUT2D eigenvalue weighted by atomic mass is 9.96. The van der Waals surface area contributed by atoms with Crippen LogP contribution < -0.4 is 10.2 Å². The molecule has 7 heteroatoms. The van der Waals surface area contributed by atoms with Crippen molar-refractivity contribution in [3.8, 4) is 11.3 Å². The molecule has 0 bridgehead atoms. The molecule has 1 saturated heterocycles. The van der Waals surface area contributed by atoms with Crippen LogP contribution in [0.4, 0.5) is 5.13 Å². The van der Waals surface area contributed by atoms with Crippen LogP contribution in [0.3, 0.4) is 0 Å². The third-order valence-electron chi connectivity index (χ3n) is 4.77. The van der Waals surface area contributed by atoms with E-state index in [1.807, 2.05) is 44.3 Å².